The van der Waals surface area contributed by atoms with Crippen molar-refractivity contribution < 1.29 is 33.8 Å². The summed E-state index contributed by atoms with van der Waals surface area (Å²) in [4.78, 5) is 50.2. The highest BCUT2D eigenvalue weighted by Gasteiger charge is 2.85. The highest BCUT2D eigenvalue weighted by Crippen LogP contribution is 2.83. The lowest BCUT2D eigenvalue weighted by molar-refractivity contribution is -0.189. The van der Waals surface area contributed by atoms with Gasteiger partial charge in [0.05, 0.1) is 12.0 Å². The second-order valence-corrected chi connectivity index (χ2v) is 12.0. The summed E-state index contributed by atoms with van der Waals surface area (Å²) in [5, 5.41) is 11.0. The summed E-state index contributed by atoms with van der Waals surface area (Å²) in [7, 11) is 0. The quantitative estimate of drug-likeness (QED) is 0.357. The van der Waals surface area contributed by atoms with Crippen molar-refractivity contribution >= 4 is 24.2 Å². The fourth-order valence-corrected chi connectivity index (χ4v) is 9.96. The first-order valence-electron chi connectivity index (χ1n) is 12.7. The lowest BCUT2D eigenvalue weighted by atomic mass is 9.42. The van der Waals surface area contributed by atoms with Gasteiger partial charge in [-0.05, 0) is 67.1 Å². The molecule has 0 aromatic heterocycles. The summed E-state index contributed by atoms with van der Waals surface area (Å²) in [5.74, 6) is -0.990. The highest BCUT2D eigenvalue weighted by molar-refractivity contribution is 5.90. The van der Waals surface area contributed by atoms with Gasteiger partial charge in [0, 0.05) is 19.3 Å². The minimum absolute atomic E-state index is 0.0178. The van der Waals surface area contributed by atoms with Crippen molar-refractivity contribution in [3.63, 3.8) is 0 Å². The molecule has 4 bridgehead atoms. The predicted octanol–water partition coefficient (Wildman–Crippen LogP) is 3.65. The molecular weight excluding hydrogens is 436 g/mol. The molecule has 1 N–H and O–H groups in total. The molecular formula is C27H36O7. The summed E-state index contributed by atoms with van der Waals surface area (Å²) in [6, 6.07) is 0. The number of allylic oxidation sites excluding steroid dienone is 1. The molecule has 186 valence electrons. The van der Waals surface area contributed by atoms with Crippen LogP contribution in [0.25, 0.3) is 0 Å². The van der Waals surface area contributed by atoms with Crippen LogP contribution in [-0.2, 0) is 28.7 Å². The lowest BCUT2D eigenvalue weighted by Gasteiger charge is -2.58. The first-order chi connectivity index (χ1) is 16.0. The van der Waals surface area contributed by atoms with Gasteiger partial charge in [0.2, 0.25) is 0 Å². The van der Waals surface area contributed by atoms with Crippen molar-refractivity contribution in [3.8, 4) is 0 Å². The molecule has 7 nitrogen and oxygen atoms in total. The number of fused-ring (bicyclic) bond motifs is 4. The molecule has 10 atom stereocenters. The van der Waals surface area contributed by atoms with E-state index in [1.807, 2.05) is 13.8 Å². The Bertz CT molecular complexity index is 983. The summed E-state index contributed by atoms with van der Waals surface area (Å²) in [6.07, 6.45) is 5.60. The minimum atomic E-state index is -1.35. The molecule has 5 rings (SSSR count). The number of rotatable bonds is 6. The van der Waals surface area contributed by atoms with Crippen LogP contribution in [0.1, 0.15) is 60.3 Å². The molecule has 0 aromatic rings. The molecule has 5 aliphatic carbocycles. The third-order valence-electron chi connectivity index (χ3n) is 10.6. The van der Waals surface area contributed by atoms with Gasteiger partial charge in [0.25, 0.3) is 0 Å². The Morgan fingerprint density at radius 3 is 2.44 bits per heavy atom. The minimum Gasteiger partial charge on any atom is -0.481 e. The number of aldehydes is 1. The number of ether oxygens (including phenoxy) is 2. The van der Waals surface area contributed by atoms with Crippen LogP contribution < -0.4 is 0 Å². The van der Waals surface area contributed by atoms with Crippen molar-refractivity contribution in [2.75, 3.05) is 6.61 Å². The average molecular weight is 473 g/mol. The lowest BCUT2D eigenvalue weighted by Crippen LogP contribution is -2.63. The zero-order chi connectivity index (χ0) is 24.8. The zero-order valence-electron chi connectivity index (χ0n) is 20.7. The normalized spacial score (nSPS) is 47.7. The third-order valence-corrected chi connectivity index (χ3v) is 10.6. The summed E-state index contributed by atoms with van der Waals surface area (Å²) < 4.78 is 11.3. The van der Waals surface area contributed by atoms with Gasteiger partial charge in [-0.2, -0.15) is 0 Å². The number of hydrogen-bond acceptors (Lipinski definition) is 6. The fourth-order valence-electron chi connectivity index (χ4n) is 9.96. The first-order valence-corrected chi connectivity index (χ1v) is 12.7. The summed E-state index contributed by atoms with van der Waals surface area (Å²) in [6.45, 7) is 8.93. The molecule has 7 heteroatoms. The average Bonchev–Trinajstić information content (AvgIpc) is 3.40. The summed E-state index contributed by atoms with van der Waals surface area (Å²) >= 11 is 0. The van der Waals surface area contributed by atoms with Crippen LogP contribution in [0.15, 0.2) is 11.6 Å². The van der Waals surface area contributed by atoms with Crippen LogP contribution in [0, 0.1) is 57.7 Å². The molecule has 5 unspecified atom stereocenters. The third kappa shape index (κ3) is 2.54. The predicted molar refractivity (Wildman–Crippen MR) is 121 cm³/mol. The van der Waals surface area contributed by atoms with Gasteiger partial charge in [-0.15, -0.1) is 0 Å². The largest absolute Gasteiger partial charge is 0.481 e. The molecule has 0 saturated heterocycles. The maximum Gasteiger partial charge on any atom is 0.315 e. The van der Waals surface area contributed by atoms with Crippen LogP contribution in [-0.4, -0.2) is 42.0 Å². The number of carbonyl (C=O) groups excluding carboxylic acids is 3. The van der Waals surface area contributed by atoms with Gasteiger partial charge in [0.15, 0.2) is 0 Å². The van der Waals surface area contributed by atoms with E-state index >= 15 is 0 Å². The number of carboxylic acid groups (broad SMARTS) is 1. The maximum absolute atomic E-state index is 13.4. The van der Waals surface area contributed by atoms with Crippen molar-refractivity contribution in [1.29, 1.82) is 0 Å². The Balaban J connectivity index is 1.65. The molecule has 0 heterocycles. The SMILES string of the molecule is CC(=O)OCC12CC3C4C(CC3[C@@]3(C=O)C[C@H]1C=C(C(C)C)[C@]23C(=O)O)C[C@H](OC(C)=O)[C@H]4C. The molecule has 5 aliphatic rings. The Morgan fingerprint density at radius 2 is 1.88 bits per heavy atom. The molecule has 0 aromatic carbocycles. The first kappa shape index (κ1) is 23.6. The van der Waals surface area contributed by atoms with E-state index in [2.05, 4.69) is 13.0 Å². The monoisotopic (exact) mass is 472 g/mol. The van der Waals surface area contributed by atoms with Crippen molar-refractivity contribution in [2.45, 2.75) is 66.4 Å². The molecule has 0 spiro atoms. The molecule has 4 saturated carbocycles. The number of esters is 2. The molecule has 4 fully saturated rings. The van der Waals surface area contributed by atoms with E-state index in [4.69, 9.17) is 9.47 Å². The standard InChI is InChI=1S/C27H36O7/c1-13(2)20-8-18-9-25(11-28)21-6-17-7-22(34-16(5)30)14(3)23(17)19(21)10-26(18,12-33-15(4)29)27(20,25)24(31)32/h8,11,13-14,17-19,21-23H,6-7,9-10,12H2,1-5H3,(H,31,32)/t14-,17?,18-,19?,21?,22+,23?,25+,26?,27-/m1/s1. The van der Waals surface area contributed by atoms with Crippen LogP contribution in [0.4, 0.5) is 0 Å². The zero-order valence-corrected chi connectivity index (χ0v) is 20.7. The van der Waals surface area contributed by atoms with Gasteiger partial charge in [0.1, 0.15) is 17.8 Å². The number of hydrogen-bond donors (Lipinski definition) is 1. The van der Waals surface area contributed by atoms with Crippen LogP contribution in [0.3, 0.4) is 0 Å². The number of aliphatic carboxylic acids is 1. The highest BCUT2D eigenvalue weighted by atomic mass is 16.5. The van der Waals surface area contributed by atoms with E-state index in [9.17, 15) is 24.3 Å². The molecule has 0 radical (unpaired) electrons. The Kier molecular flexibility index (Phi) is 5.13. The van der Waals surface area contributed by atoms with E-state index < -0.39 is 28.2 Å². The van der Waals surface area contributed by atoms with E-state index in [1.165, 1.54) is 13.8 Å². The molecule has 0 amide bonds. The Morgan fingerprint density at radius 1 is 1.18 bits per heavy atom. The van der Waals surface area contributed by atoms with Gasteiger partial charge < -0.3 is 19.4 Å². The Labute approximate surface area is 200 Å². The summed E-state index contributed by atoms with van der Waals surface area (Å²) in [5.41, 5.74) is -2.37. The van der Waals surface area contributed by atoms with Crippen molar-refractivity contribution in [1.82, 2.24) is 0 Å². The smallest absolute Gasteiger partial charge is 0.315 e. The van der Waals surface area contributed by atoms with Crippen LogP contribution >= 0.6 is 0 Å². The van der Waals surface area contributed by atoms with Gasteiger partial charge >= 0.3 is 17.9 Å². The van der Waals surface area contributed by atoms with Crippen LogP contribution in [0.2, 0.25) is 0 Å². The van der Waals surface area contributed by atoms with Gasteiger partial charge in [-0.25, -0.2) is 0 Å². The fraction of sp³-hybridized carbons (Fsp3) is 0.778. The van der Waals surface area contributed by atoms with Crippen molar-refractivity contribution in [2.24, 2.45) is 57.7 Å². The van der Waals surface area contributed by atoms with Crippen molar-refractivity contribution in [3.05, 3.63) is 11.6 Å². The second-order valence-electron chi connectivity index (χ2n) is 12.0. The van der Waals surface area contributed by atoms with E-state index in [0.29, 0.717) is 18.8 Å². The van der Waals surface area contributed by atoms with E-state index in [-0.39, 0.29) is 54.2 Å². The second kappa shape index (κ2) is 7.41. The molecule has 34 heavy (non-hydrogen) atoms. The number of carbonyl (C=O) groups is 4. The van der Waals surface area contributed by atoms with E-state index in [1.54, 1.807) is 0 Å². The topological polar surface area (TPSA) is 107 Å². The Hall–Kier alpha value is -2.18. The van der Waals surface area contributed by atoms with Crippen LogP contribution in [0.5, 0.6) is 0 Å². The van der Waals surface area contributed by atoms with Gasteiger partial charge in [-0.1, -0.05) is 32.4 Å². The van der Waals surface area contributed by atoms with Gasteiger partial charge in [-0.3, -0.25) is 14.4 Å². The molecule has 0 aliphatic heterocycles. The number of carboxylic acids is 1. The van der Waals surface area contributed by atoms with E-state index in [0.717, 1.165) is 24.7 Å². The maximum atomic E-state index is 13.4.